The van der Waals surface area contributed by atoms with Crippen molar-refractivity contribution in [2.75, 3.05) is 17.6 Å². The third-order valence-electron chi connectivity index (χ3n) is 3.75. The SMILES string of the molecule is C[C@H](O)CNc1c(C#N)cnc2ccc3c(c12)CCS3(=O)=O. The van der Waals surface area contributed by atoms with Crippen LogP contribution in [-0.2, 0) is 16.3 Å². The molecular formula is C15H15N3O3S. The summed E-state index contributed by atoms with van der Waals surface area (Å²) >= 11 is 0. The van der Waals surface area contributed by atoms with Gasteiger partial charge in [-0.1, -0.05) is 0 Å². The van der Waals surface area contributed by atoms with Crippen molar-refractivity contribution in [3.63, 3.8) is 0 Å². The first kappa shape index (κ1) is 14.8. The molecule has 7 heteroatoms. The zero-order chi connectivity index (χ0) is 15.9. The van der Waals surface area contributed by atoms with Crippen molar-refractivity contribution in [2.45, 2.75) is 24.3 Å². The molecule has 2 aromatic rings. The van der Waals surface area contributed by atoms with Crippen molar-refractivity contribution in [1.82, 2.24) is 4.98 Å². The van der Waals surface area contributed by atoms with E-state index < -0.39 is 15.9 Å². The van der Waals surface area contributed by atoms with Gasteiger partial charge >= 0.3 is 0 Å². The van der Waals surface area contributed by atoms with Crippen LogP contribution in [0.5, 0.6) is 0 Å². The lowest BCUT2D eigenvalue weighted by atomic mass is 10.0. The second-order valence-corrected chi connectivity index (χ2v) is 7.47. The number of hydrogen-bond donors (Lipinski definition) is 2. The molecule has 0 saturated carbocycles. The maximum atomic E-state index is 12.1. The quantitative estimate of drug-likeness (QED) is 0.882. The Morgan fingerprint density at radius 2 is 2.27 bits per heavy atom. The standard InChI is InChI=1S/C15H15N3O3S/c1-9(19)7-18-15-10(6-16)8-17-12-2-3-13-11(14(12)15)4-5-22(13,20)21/h2-3,8-9,19H,4-5,7H2,1H3,(H,17,18)/t9-/m0/s1. The van der Waals surface area contributed by atoms with Gasteiger partial charge in [0.1, 0.15) is 6.07 Å². The van der Waals surface area contributed by atoms with E-state index in [0.717, 1.165) is 0 Å². The number of nitriles is 1. The number of sulfone groups is 1. The first-order valence-corrected chi connectivity index (χ1v) is 8.58. The van der Waals surface area contributed by atoms with Crippen LogP contribution in [0.1, 0.15) is 18.1 Å². The molecule has 1 aromatic heterocycles. The highest BCUT2D eigenvalue weighted by Gasteiger charge is 2.29. The predicted octanol–water partition coefficient (Wildman–Crippen LogP) is 1.23. The van der Waals surface area contributed by atoms with Gasteiger partial charge in [0.25, 0.3) is 0 Å². The van der Waals surface area contributed by atoms with Gasteiger partial charge in [-0.2, -0.15) is 5.26 Å². The molecule has 0 unspecified atom stereocenters. The molecular weight excluding hydrogens is 302 g/mol. The zero-order valence-electron chi connectivity index (χ0n) is 12.0. The van der Waals surface area contributed by atoms with E-state index in [2.05, 4.69) is 16.4 Å². The molecule has 0 fully saturated rings. The number of aromatic nitrogens is 1. The highest BCUT2D eigenvalue weighted by atomic mass is 32.2. The number of fused-ring (bicyclic) bond motifs is 3. The summed E-state index contributed by atoms with van der Waals surface area (Å²) in [4.78, 5) is 4.56. The molecule has 0 radical (unpaired) electrons. The lowest BCUT2D eigenvalue weighted by Gasteiger charge is -2.15. The Hall–Kier alpha value is -2.17. The molecule has 3 rings (SSSR count). The largest absolute Gasteiger partial charge is 0.392 e. The maximum Gasteiger partial charge on any atom is 0.179 e. The highest BCUT2D eigenvalue weighted by molar-refractivity contribution is 7.91. The first-order chi connectivity index (χ1) is 10.4. The normalized spacial score (nSPS) is 17.0. The zero-order valence-corrected chi connectivity index (χ0v) is 12.8. The van der Waals surface area contributed by atoms with Crippen LogP contribution in [0.2, 0.25) is 0 Å². The van der Waals surface area contributed by atoms with E-state index >= 15 is 0 Å². The fourth-order valence-corrected chi connectivity index (χ4v) is 4.29. The van der Waals surface area contributed by atoms with Crippen LogP contribution in [0.3, 0.4) is 0 Å². The van der Waals surface area contributed by atoms with E-state index in [4.69, 9.17) is 0 Å². The van der Waals surface area contributed by atoms with Gasteiger partial charge in [0.15, 0.2) is 9.84 Å². The first-order valence-electron chi connectivity index (χ1n) is 6.93. The fourth-order valence-electron chi connectivity index (χ4n) is 2.74. The summed E-state index contributed by atoms with van der Waals surface area (Å²) in [5, 5.41) is 22.5. The number of hydrogen-bond acceptors (Lipinski definition) is 6. The second kappa shape index (κ2) is 5.23. The molecule has 0 aliphatic carbocycles. The van der Waals surface area contributed by atoms with Gasteiger partial charge in [0, 0.05) is 18.1 Å². The van der Waals surface area contributed by atoms with Gasteiger partial charge in [-0.15, -0.1) is 0 Å². The molecule has 1 aliphatic rings. The van der Waals surface area contributed by atoms with Crippen molar-refractivity contribution >= 4 is 26.4 Å². The Morgan fingerprint density at radius 3 is 2.95 bits per heavy atom. The third kappa shape index (κ3) is 2.30. The Labute approximate surface area is 128 Å². The van der Waals surface area contributed by atoms with Crippen molar-refractivity contribution in [3.8, 4) is 6.07 Å². The van der Waals surface area contributed by atoms with Gasteiger partial charge in [-0.25, -0.2) is 8.42 Å². The number of aliphatic hydroxyl groups excluding tert-OH is 1. The Balaban J connectivity index is 2.31. The molecule has 114 valence electrons. The van der Waals surface area contributed by atoms with E-state index in [1.807, 2.05) is 0 Å². The van der Waals surface area contributed by atoms with Crippen LogP contribution in [0.4, 0.5) is 5.69 Å². The van der Waals surface area contributed by atoms with Crippen LogP contribution < -0.4 is 5.32 Å². The second-order valence-electron chi connectivity index (χ2n) is 5.39. The van der Waals surface area contributed by atoms with Crippen LogP contribution in [0, 0.1) is 11.3 Å². The minimum Gasteiger partial charge on any atom is -0.392 e. The fraction of sp³-hybridized carbons (Fsp3) is 0.333. The Kier molecular flexibility index (Phi) is 3.51. The molecule has 0 bridgehead atoms. The summed E-state index contributed by atoms with van der Waals surface area (Å²) in [6.45, 7) is 1.90. The van der Waals surface area contributed by atoms with Crippen molar-refractivity contribution < 1.29 is 13.5 Å². The topological polar surface area (TPSA) is 103 Å². The molecule has 0 spiro atoms. The van der Waals surface area contributed by atoms with E-state index in [1.165, 1.54) is 6.20 Å². The van der Waals surface area contributed by atoms with Gasteiger partial charge in [-0.05, 0) is 31.0 Å². The lowest BCUT2D eigenvalue weighted by molar-refractivity contribution is 0.208. The van der Waals surface area contributed by atoms with Crippen LogP contribution in [0.25, 0.3) is 10.9 Å². The van der Waals surface area contributed by atoms with Crippen molar-refractivity contribution in [1.29, 1.82) is 5.26 Å². The summed E-state index contributed by atoms with van der Waals surface area (Å²) in [7, 11) is -3.25. The van der Waals surface area contributed by atoms with Crippen LogP contribution in [0.15, 0.2) is 23.2 Å². The number of benzene rings is 1. The molecule has 0 saturated heterocycles. The molecule has 22 heavy (non-hydrogen) atoms. The summed E-state index contributed by atoms with van der Waals surface area (Å²) in [6, 6.07) is 5.31. The van der Waals surface area contributed by atoms with Gasteiger partial charge in [0.2, 0.25) is 0 Å². The number of nitrogens with zero attached hydrogens (tertiary/aromatic N) is 2. The molecule has 1 aromatic carbocycles. The summed E-state index contributed by atoms with van der Waals surface area (Å²) in [5.41, 5.74) is 2.23. The lowest BCUT2D eigenvalue weighted by Crippen LogP contribution is -2.16. The average Bonchev–Trinajstić information content (AvgIpc) is 2.79. The van der Waals surface area contributed by atoms with Gasteiger partial charge in [0.05, 0.1) is 33.5 Å². The number of anilines is 1. The van der Waals surface area contributed by atoms with Gasteiger partial charge in [-0.3, -0.25) is 4.98 Å². The smallest absolute Gasteiger partial charge is 0.179 e. The Morgan fingerprint density at radius 1 is 1.50 bits per heavy atom. The van der Waals surface area contributed by atoms with Crippen LogP contribution >= 0.6 is 0 Å². The Bertz CT molecular complexity index is 898. The van der Waals surface area contributed by atoms with Crippen LogP contribution in [-0.4, -0.2) is 36.9 Å². The van der Waals surface area contributed by atoms with E-state index in [1.54, 1.807) is 19.1 Å². The molecule has 6 nitrogen and oxygen atoms in total. The van der Waals surface area contributed by atoms with E-state index in [9.17, 15) is 18.8 Å². The van der Waals surface area contributed by atoms with E-state index in [0.29, 0.717) is 39.0 Å². The summed E-state index contributed by atoms with van der Waals surface area (Å²) in [5.74, 6) is 0.0775. The molecule has 2 N–H and O–H groups in total. The number of aryl methyl sites for hydroxylation is 1. The monoisotopic (exact) mass is 317 g/mol. The highest BCUT2D eigenvalue weighted by Crippen LogP contribution is 2.36. The number of pyridine rings is 1. The van der Waals surface area contributed by atoms with Crippen molar-refractivity contribution in [3.05, 3.63) is 29.5 Å². The third-order valence-corrected chi connectivity index (χ3v) is 5.54. The number of nitrogens with one attached hydrogen (secondary N) is 1. The average molecular weight is 317 g/mol. The van der Waals surface area contributed by atoms with E-state index in [-0.39, 0.29) is 12.3 Å². The molecule has 1 aliphatic heterocycles. The number of rotatable bonds is 3. The molecule has 1 atom stereocenters. The summed E-state index contributed by atoms with van der Waals surface area (Å²) in [6.07, 6.45) is 1.28. The van der Waals surface area contributed by atoms with Gasteiger partial charge < -0.3 is 10.4 Å². The molecule has 2 heterocycles. The minimum atomic E-state index is -3.25. The summed E-state index contributed by atoms with van der Waals surface area (Å²) < 4.78 is 24.2. The predicted molar refractivity (Wildman–Crippen MR) is 82.4 cm³/mol. The number of aliphatic hydroxyl groups is 1. The minimum absolute atomic E-state index is 0.0775. The molecule has 0 amide bonds. The van der Waals surface area contributed by atoms with Crippen molar-refractivity contribution in [2.24, 2.45) is 0 Å². The maximum absolute atomic E-state index is 12.1.